The average molecular weight is 241 g/mol. The molecule has 1 aliphatic carbocycles. The second-order valence-corrected chi connectivity index (χ2v) is 5.93. The van der Waals surface area contributed by atoms with Crippen LogP contribution in [0.1, 0.15) is 47.0 Å². The molecular weight excluding hydrogens is 218 g/mol. The summed E-state index contributed by atoms with van der Waals surface area (Å²) in [6.45, 7) is 8.11. The van der Waals surface area contributed by atoms with Gasteiger partial charge in [-0.15, -0.1) is 0 Å². The Morgan fingerprint density at radius 3 is 2.24 bits per heavy atom. The highest BCUT2D eigenvalue weighted by Crippen LogP contribution is 2.38. The molecule has 1 aliphatic rings. The minimum atomic E-state index is -0.855. The molecule has 0 heterocycles. The molecule has 1 saturated carbocycles. The molecule has 0 aromatic carbocycles. The number of nitrogens with zero attached hydrogens (tertiary/aromatic N) is 1. The molecule has 1 unspecified atom stereocenters. The molecule has 98 valence electrons. The molecule has 0 radical (unpaired) electrons. The van der Waals surface area contributed by atoms with Crippen molar-refractivity contribution in [2.75, 3.05) is 6.54 Å². The predicted octanol–water partition coefficient (Wildman–Crippen LogP) is 2.13. The van der Waals surface area contributed by atoms with Crippen LogP contribution in [-0.4, -0.2) is 34.0 Å². The smallest absolute Gasteiger partial charge is 0.305 e. The van der Waals surface area contributed by atoms with Crippen molar-refractivity contribution in [3.8, 4) is 0 Å². The van der Waals surface area contributed by atoms with Gasteiger partial charge < -0.3 is 10.0 Å². The third kappa shape index (κ3) is 4.02. The van der Waals surface area contributed by atoms with Crippen LogP contribution < -0.4 is 0 Å². The van der Waals surface area contributed by atoms with Crippen LogP contribution in [0.5, 0.6) is 0 Å². The van der Waals surface area contributed by atoms with Gasteiger partial charge in [0.25, 0.3) is 0 Å². The van der Waals surface area contributed by atoms with Crippen molar-refractivity contribution in [2.45, 2.75) is 52.5 Å². The predicted molar refractivity (Wildman–Crippen MR) is 65.6 cm³/mol. The van der Waals surface area contributed by atoms with Gasteiger partial charge in [-0.2, -0.15) is 0 Å². The topological polar surface area (TPSA) is 57.6 Å². The Morgan fingerprint density at radius 1 is 1.35 bits per heavy atom. The number of carboxylic acid groups (broad SMARTS) is 1. The minimum Gasteiger partial charge on any atom is -0.481 e. The van der Waals surface area contributed by atoms with Gasteiger partial charge in [0.2, 0.25) is 5.91 Å². The Morgan fingerprint density at radius 2 is 1.88 bits per heavy atom. The van der Waals surface area contributed by atoms with E-state index in [0.29, 0.717) is 12.5 Å². The van der Waals surface area contributed by atoms with Gasteiger partial charge in [-0.05, 0) is 39.5 Å². The molecule has 0 aromatic rings. The van der Waals surface area contributed by atoms with E-state index in [-0.39, 0.29) is 23.8 Å². The summed E-state index contributed by atoms with van der Waals surface area (Å²) >= 11 is 0. The summed E-state index contributed by atoms with van der Waals surface area (Å²) in [5.74, 6) is -0.215. The summed E-state index contributed by atoms with van der Waals surface area (Å²) in [4.78, 5) is 24.7. The number of carboxylic acids is 1. The summed E-state index contributed by atoms with van der Waals surface area (Å²) in [5.41, 5.74) is -0.310. The van der Waals surface area contributed by atoms with E-state index in [9.17, 15) is 9.59 Å². The molecule has 0 aliphatic heterocycles. The third-order valence-corrected chi connectivity index (χ3v) is 3.34. The molecule has 0 saturated heterocycles. The molecule has 1 fully saturated rings. The molecule has 1 atom stereocenters. The van der Waals surface area contributed by atoms with Crippen LogP contribution in [0, 0.1) is 11.8 Å². The van der Waals surface area contributed by atoms with Gasteiger partial charge in [0.05, 0.1) is 6.42 Å². The van der Waals surface area contributed by atoms with Crippen LogP contribution >= 0.6 is 0 Å². The summed E-state index contributed by atoms with van der Waals surface area (Å²) in [5, 5.41) is 8.73. The second kappa shape index (κ2) is 5.07. The van der Waals surface area contributed by atoms with Gasteiger partial charge in [-0.1, -0.05) is 6.92 Å². The Hall–Kier alpha value is -1.06. The molecule has 4 nitrogen and oxygen atoms in total. The fourth-order valence-electron chi connectivity index (χ4n) is 2.03. The van der Waals surface area contributed by atoms with E-state index in [1.807, 2.05) is 27.7 Å². The Bertz CT molecular complexity index is 302. The lowest BCUT2D eigenvalue weighted by Gasteiger charge is -2.37. The largest absolute Gasteiger partial charge is 0.481 e. The van der Waals surface area contributed by atoms with Gasteiger partial charge in [0.1, 0.15) is 0 Å². The molecule has 1 N–H and O–H groups in total. The van der Waals surface area contributed by atoms with Crippen LogP contribution in [-0.2, 0) is 9.59 Å². The first-order valence-electron chi connectivity index (χ1n) is 6.26. The maximum Gasteiger partial charge on any atom is 0.305 e. The lowest BCUT2D eigenvalue weighted by Crippen LogP contribution is -2.49. The highest BCUT2D eigenvalue weighted by molar-refractivity contribution is 5.80. The zero-order valence-electron chi connectivity index (χ0n) is 11.2. The van der Waals surface area contributed by atoms with E-state index in [1.165, 1.54) is 0 Å². The van der Waals surface area contributed by atoms with Crippen molar-refractivity contribution in [3.63, 3.8) is 0 Å². The number of carbonyl (C=O) groups excluding carboxylic acids is 1. The molecule has 1 amide bonds. The first-order chi connectivity index (χ1) is 7.73. The summed E-state index contributed by atoms with van der Waals surface area (Å²) in [7, 11) is 0. The SMILES string of the molecule is CC(C(=O)N(CCC(=O)O)C(C)(C)C)C1CC1. The van der Waals surface area contributed by atoms with Gasteiger partial charge >= 0.3 is 5.97 Å². The van der Waals surface area contributed by atoms with E-state index in [1.54, 1.807) is 4.90 Å². The fraction of sp³-hybridized carbons (Fsp3) is 0.846. The van der Waals surface area contributed by atoms with Crippen LogP contribution in [0.4, 0.5) is 0 Å². The van der Waals surface area contributed by atoms with Crippen molar-refractivity contribution < 1.29 is 14.7 Å². The first-order valence-corrected chi connectivity index (χ1v) is 6.26. The van der Waals surface area contributed by atoms with Crippen LogP contribution in [0.3, 0.4) is 0 Å². The van der Waals surface area contributed by atoms with E-state index in [4.69, 9.17) is 5.11 Å². The summed E-state index contributed by atoms with van der Waals surface area (Å²) in [6.07, 6.45) is 2.27. The van der Waals surface area contributed by atoms with E-state index in [0.717, 1.165) is 12.8 Å². The highest BCUT2D eigenvalue weighted by Gasteiger charge is 2.37. The molecule has 17 heavy (non-hydrogen) atoms. The summed E-state index contributed by atoms with van der Waals surface area (Å²) < 4.78 is 0. The van der Waals surface area contributed by atoms with E-state index in [2.05, 4.69) is 0 Å². The van der Waals surface area contributed by atoms with Crippen molar-refractivity contribution in [1.82, 2.24) is 4.90 Å². The molecule has 1 rings (SSSR count). The van der Waals surface area contributed by atoms with Crippen molar-refractivity contribution in [2.24, 2.45) is 11.8 Å². The third-order valence-electron chi connectivity index (χ3n) is 3.34. The summed E-state index contributed by atoms with van der Waals surface area (Å²) in [6, 6.07) is 0. The molecule has 0 bridgehead atoms. The van der Waals surface area contributed by atoms with Crippen molar-refractivity contribution in [1.29, 1.82) is 0 Å². The molecule has 0 aromatic heterocycles. The number of hydrogen-bond donors (Lipinski definition) is 1. The number of aliphatic carboxylic acids is 1. The Kier molecular flexibility index (Phi) is 4.17. The monoisotopic (exact) mass is 241 g/mol. The second-order valence-electron chi connectivity index (χ2n) is 5.93. The molecular formula is C13H23NO3. The fourth-order valence-corrected chi connectivity index (χ4v) is 2.03. The van der Waals surface area contributed by atoms with Crippen LogP contribution in [0.25, 0.3) is 0 Å². The van der Waals surface area contributed by atoms with E-state index < -0.39 is 5.97 Å². The molecule has 0 spiro atoms. The van der Waals surface area contributed by atoms with E-state index >= 15 is 0 Å². The maximum atomic E-state index is 12.3. The van der Waals surface area contributed by atoms with Crippen molar-refractivity contribution >= 4 is 11.9 Å². The average Bonchev–Trinajstić information content (AvgIpc) is 2.96. The maximum absolute atomic E-state index is 12.3. The standard InChI is InChI=1S/C13H23NO3/c1-9(10-5-6-10)12(17)14(13(2,3)4)8-7-11(15)16/h9-10H,5-8H2,1-4H3,(H,15,16). The van der Waals surface area contributed by atoms with Crippen LogP contribution in [0.2, 0.25) is 0 Å². The van der Waals surface area contributed by atoms with Crippen LogP contribution in [0.15, 0.2) is 0 Å². The van der Waals surface area contributed by atoms with Gasteiger partial charge in [-0.25, -0.2) is 0 Å². The van der Waals surface area contributed by atoms with Gasteiger partial charge in [0.15, 0.2) is 0 Å². The van der Waals surface area contributed by atoms with Gasteiger partial charge in [0, 0.05) is 18.0 Å². The molecule has 4 heteroatoms. The minimum absolute atomic E-state index is 0.0143. The normalized spacial score (nSPS) is 17.6. The Balaban J connectivity index is 2.67. The number of amides is 1. The number of hydrogen-bond acceptors (Lipinski definition) is 2. The first kappa shape index (κ1) is 14.0. The van der Waals surface area contributed by atoms with Gasteiger partial charge in [-0.3, -0.25) is 9.59 Å². The quantitative estimate of drug-likeness (QED) is 0.802. The lowest BCUT2D eigenvalue weighted by atomic mass is 9.99. The number of carbonyl (C=O) groups is 2. The number of rotatable bonds is 5. The lowest BCUT2D eigenvalue weighted by molar-refractivity contribution is -0.143. The zero-order valence-corrected chi connectivity index (χ0v) is 11.2. The van der Waals surface area contributed by atoms with Crippen molar-refractivity contribution in [3.05, 3.63) is 0 Å². The highest BCUT2D eigenvalue weighted by atomic mass is 16.4. The zero-order chi connectivity index (χ0) is 13.2. The Labute approximate surface area is 103 Å².